The van der Waals surface area contributed by atoms with E-state index in [-0.39, 0.29) is 12.0 Å². The van der Waals surface area contributed by atoms with E-state index >= 15 is 0 Å². The summed E-state index contributed by atoms with van der Waals surface area (Å²) in [7, 11) is -3.13. The lowest BCUT2D eigenvalue weighted by atomic mass is 9.98. The number of rotatable bonds is 4. The number of hydrogen-bond acceptors (Lipinski definition) is 3. The van der Waals surface area contributed by atoms with Crippen molar-refractivity contribution in [2.24, 2.45) is 5.41 Å². The lowest BCUT2D eigenvalue weighted by molar-refractivity contribution is 0.211. The Bertz CT molecular complexity index is 487. The van der Waals surface area contributed by atoms with Crippen molar-refractivity contribution >= 4 is 9.84 Å². The van der Waals surface area contributed by atoms with Gasteiger partial charge in [-0.2, -0.15) is 0 Å². The maximum atomic E-state index is 11.4. The molecule has 1 saturated carbocycles. The third kappa shape index (κ3) is 2.44. The van der Waals surface area contributed by atoms with Crippen molar-refractivity contribution in [1.82, 2.24) is 0 Å². The molecule has 0 amide bonds. The van der Waals surface area contributed by atoms with Crippen molar-refractivity contribution in [3.8, 4) is 0 Å². The highest BCUT2D eigenvalue weighted by Gasteiger charge is 2.41. The number of hydrogen-bond donors (Lipinski definition) is 1. The van der Waals surface area contributed by atoms with Gasteiger partial charge in [-0.15, -0.1) is 0 Å². The SMILES string of the molecule is CS(=O)(=O)c1cccc(CC2(CO)CC2)c1. The Balaban J connectivity index is 2.23. The highest BCUT2D eigenvalue weighted by Crippen LogP contribution is 2.47. The highest BCUT2D eigenvalue weighted by molar-refractivity contribution is 7.90. The van der Waals surface area contributed by atoms with E-state index in [1.807, 2.05) is 6.07 Å². The molecule has 1 aliphatic carbocycles. The first-order valence-electron chi connectivity index (χ1n) is 5.35. The molecular formula is C12H16O3S. The second-order valence-corrected chi connectivity index (χ2v) is 6.77. The van der Waals surface area contributed by atoms with Gasteiger partial charge in [0.1, 0.15) is 0 Å². The molecule has 0 unspecified atom stereocenters. The molecule has 0 radical (unpaired) electrons. The van der Waals surface area contributed by atoms with Crippen LogP contribution in [0, 0.1) is 5.41 Å². The zero-order chi connectivity index (χ0) is 11.8. The Morgan fingerprint density at radius 1 is 1.38 bits per heavy atom. The van der Waals surface area contributed by atoms with Crippen LogP contribution in [0.2, 0.25) is 0 Å². The molecule has 2 rings (SSSR count). The molecule has 4 heteroatoms. The number of sulfone groups is 1. The van der Waals surface area contributed by atoms with Gasteiger partial charge < -0.3 is 5.11 Å². The van der Waals surface area contributed by atoms with Gasteiger partial charge in [0.2, 0.25) is 0 Å². The van der Waals surface area contributed by atoms with Crippen molar-refractivity contribution in [2.75, 3.05) is 12.9 Å². The largest absolute Gasteiger partial charge is 0.396 e. The van der Waals surface area contributed by atoms with Crippen LogP contribution in [0.4, 0.5) is 0 Å². The van der Waals surface area contributed by atoms with Crippen LogP contribution in [0.25, 0.3) is 0 Å². The molecule has 0 spiro atoms. The summed E-state index contributed by atoms with van der Waals surface area (Å²) in [5.74, 6) is 0. The molecule has 0 aromatic heterocycles. The third-order valence-corrected chi connectivity index (χ3v) is 4.31. The molecular weight excluding hydrogens is 224 g/mol. The summed E-state index contributed by atoms with van der Waals surface area (Å²) < 4.78 is 22.8. The Morgan fingerprint density at radius 3 is 2.56 bits per heavy atom. The normalized spacial score (nSPS) is 18.4. The van der Waals surface area contributed by atoms with E-state index in [1.54, 1.807) is 18.2 Å². The standard InChI is InChI=1S/C12H16O3S/c1-16(14,15)11-4-2-3-10(7-11)8-12(9-13)5-6-12/h2-4,7,13H,5-6,8-9H2,1H3. The Labute approximate surface area is 96.0 Å². The van der Waals surface area contributed by atoms with Crippen LogP contribution in [-0.2, 0) is 16.3 Å². The van der Waals surface area contributed by atoms with Gasteiger partial charge in [-0.25, -0.2) is 8.42 Å². The van der Waals surface area contributed by atoms with Crippen molar-refractivity contribution in [3.63, 3.8) is 0 Å². The van der Waals surface area contributed by atoms with Crippen LogP contribution in [-0.4, -0.2) is 26.4 Å². The summed E-state index contributed by atoms with van der Waals surface area (Å²) in [6.45, 7) is 0.191. The number of aliphatic hydroxyl groups excluding tert-OH is 1. The van der Waals surface area contributed by atoms with Gasteiger partial charge in [0.15, 0.2) is 9.84 Å². The first kappa shape index (κ1) is 11.6. The Hall–Kier alpha value is -0.870. The van der Waals surface area contributed by atoms with E-state index in [2.05, 4.69) is 0 Å². The lowest BCUT2D eigenvalue weighted by Gasteiger charge is -2.11. The summed E-state index contributed by atoms with van der Waals surface area (Å²) in [4.78, 5) is 0.360. The molecule has 0 bridgehead atoms. The van der Waals surface area contributed by atoms with E-state index in [9.17, 15) is 13.5 Å². The average molecular weight is 240 g/mol. The zero-order valence-electron chi connectivity index (χ0n) is 9.31. The zero-order valence-corrected chi connectivity index (χ0v) is 10.1. The Kier molecular flexibility index (Phi) is 2.80. The van der Waals surface area contributed by atoms with Crippen molar-refractivity contribution in [3.05, 3.63) is 29.8 Å². The van der Waals surface area contributed by atoms with Gasteiger partial charge in [0.25, 0.3) is 0 Å². The van der Waals surface area contributed by atoms with Crippen LogP contribution in [0.15, 0.2) is 29.2 Å². The number of aliphatic hydroxyl groups is 1. The predicted octanol–water partition coefficient (Wildman–Crippen LogP) is 1.41. The van der Waals surface area contributed by atoms with E-state index in [0.29, 0.717) is 4.90 Å². The fraction of sp³-hybridized carbons (Fsp3) is 0.500. The third-order valence-electron chi connectivity index (χ3n) is 3.20. The Morgan fingerprint density at radius 2 is 2.06 bits per heavy atom. The molecule has 1 aromatic carbocycles. The van der Waals surface area contributed by atoms with Crippen LogP contribution in [0.5, 0.6) is 0 Å². The van der Waals surface area contributed by atoms with Gasteiger partial charge >= 0.3 is 0 Å². The summed E-state index contributed by atoms with van der Waals surface area (Å²) in [5, 5.41) is 9.23. The first-order valence-corrected chi connectivity index (χ1v) is 7.24. The minimum atomic E-state index is -3.13. The summed E-state index contributed by atoms with van der Waals surface area (Å²) in [5.41, 5.74) is 1.02. The second-order valence-electron chi connectivity index (χ2n) is 4.75. The van der Waals surface area contributed by atoms with Crippen LogP contribution < -0.4 is 0 Å². The first-order chi connectivity index (χ1) is 7.45. The lowest BCUT2D eigenvalue weighted by Crippen LogP contribution is -2.10. The quantitative estimate of drug-likeness (QED) is 0.865. The van der Waals surface area contributed by atoms with Gasteiger partial charge in [-0.05, 0) is 42.4 Å². The second kappa shape index (κ2) is 3.86. The van der Waals surface area contributed by atoms with Gasteiger partial charge in [0, 0.05) is 12.9 Å². The predicted molar refractivity (Wildman–Crippen MR) is 62.0 cm³/mol. The molecule has 0 saturated heterocycles. The molecule has 1 fully saturated rings. The maximum Gasteiger partial charge on any atom is 0.175 e. The van der Waals surface area contributed by atoms with E-state index < -0.39 is 9.84 Å². The summed E-state index contributed by atoms with van der Waals surface area (Å²) in [6.07, 6.45) is 4.05. The van der Waals surface area contributed by atoms with Crippen LogP contribution in [0.3, 0.4) is 0 Å². The average Bonchev–Trinajstić information content (AvgIpc) is 2.98. The molecule has 1 aliphatic rings. The highest BCUT2D eigenvalue weighted by atomic mass is 32.2. The smallest absolute Gasteiger partial charge is 0.175 e. The van der Waals surface area contributed by atoms with Crippen molar-refractivity contribution in [2.45, 2.75) is 24.2 Å². The molecule has 88 valence electrons. The maximum absolute atomic E-state index is 11.4. The monoisotopic (exact) mass is 240 g/mol. The molecule has 1 N–H and O–H groups in total. The fourth-order valence-corrected chi connectivity index (χ4v) is 2.58. The topological polar surface area (TPSA) is 54.4 Å². The molecule has 3 nitrogen and oxygen atoms in total. The van der Waals surface area contributed by atoms with Gasteiger partial charge in [0.05, 0.1) is 4.90 Å². The molecule has 16 heavy (non-hydrogen) atoms. The molecule has 0 atom stereocenters. The van der Waals surface area contributed by atoms with Crippen molar-refractivity contribution < 1.29 is 13.5 Å². The van der Waals surface area contributed by atoms with E-state index in [0.717, 1.165) is 24.8 Å². The number of benzene rings is 1. The van der Waals surface area contributed by atoms with E-state index in [4.69, 9.17) is 0 Å². The summed E-state index contributed by atoms with van der Waals surface area (Å²) >= 11 is 0. The fourth-order valence-electron chi connectivity index (χ4n) is 1.89. The summed E-state index contributed by atoms with van der Waals surface area (Å²) in [6, 6.07) is 7.01. The minimum absolute atomic E-state index is 0.0239. The molecule has 1 aromatic rings. The minimum Gasteiger partial charge on any atom is -0.396 e. The van der Waals surface area contributed by atoms with Crippen LogP contribution >= 0.6 is 0 Å². The van der Waals surface area contributed by atoms with Crippen molar-refractivity contribution in [1.29, 1.82) is 0 Å². The molecule has 0 heterocycles. The van der Waals surface area contributed by atoms with Gasteiger partial charge in [-0.1, -0.05) is 12.1 Å². The van der Waals surface area contributed by atoms with Gasteiger partial charge in [-0.3, -0.25) is 0 Å². The molecule has 0 aliphatic heterocycles. The van der Waals surface area contributed by atoms with Crippen LogP contribution in [0.1, 0.15) is 18.4 Å². The van der Waals surface area contributed by atoms with E-state index in [1.165, 1.54) is 6.26 Å².